The number of hydrogen-bond donors (Lipinski definition) is 2. The van der Waals surface area contributed by atoms with Crippen LogP contribution < -0.4 is 15.6 Å². The van der Waals surface area contributed by atoms with Gasteiger partial charge in [0.25, 0.3) is 5.91 Å². The molecule has 3 unspecified atom stereocenters. The molecule has 3 atom stereocenters. The number of benzene rings is 1. The second-order valence-electron chi connectivity index (χ2n) is 8.61. The molecule has 198 valence electrons. The van der Waals surface area contributed by atoms with Crippen LogP contribution in [0.3, 0.4) is 0 Å². The molecule has 4 rings (SSSR count). The standard InChI is InChI=1S/C25H22ClF3N6O2S/c1-4-24(3)17(11-32-35(24)15-8-6-5-7-9-15)21(36)33-14(2)23-31-13-19(38-23)22(37)34-20-10-16(25(27,28)29)18(26)12-30-20/h4-14,17H,1H2,2-3H3,(H,33,36)(H,30,34,37). The van der Waals surface area contributed by atoms with Gasteiger partial charge in [0.2, 0.25) is 5.91 Å². The Morgan fingerprint density at radius 3 is 2.61 bits per heavy atom. The van der Waals surface area contributed by atoms with Gasteiger partial charge in [0, 0.05) is 12.4 Å². The van der Waals surface area contributed by atoms with E-state index in [1.807, 2.05) is 37.3 Å². The van der Waals surface area contributed by atoms with E-state index in [0.29, 0.717) is 11.1 Å². The lowest BCUT2D eigenvalue weighted by atomic mass is 9.85. The van der Waals surface area contributed by atoms with E-state index in [9.17, 15) is 22.8 Å². The number of hydrazone groups is 1. The smallest absolute Gasteiger partial charge is 0.346 e. The maximum Gasteiger partial charge on any atom is 0.418 e. The van der Waals surface area contributed by atoms with Gasteiger partial charge in [0.1, 0.15) is 21.6 Å². The van der Waals surface area contributed by atoms with Gasteiger partial charge in [-0.3, -0.25) is 14.6 Å². The van der Waals surface area contributed by atoms with E-state index in [-0.39, 0.29) is 16.6 Å². The summed E-state index contributed by atoms with van der Waals surface area (Å²) in [7, 11) is 0. The number of para-hydroxylation sites is 1. The monoisotopic (exact) mass is 562 g/mol. The SMILES string of the molecule is C=CC1(C)C(C(=O)NC(C)c2ncc(C(=O)Nc3cc(C(F)(F)F)c(Cl)cn3)s2)C=NN1c1ccccc1. The normalized spacial score (nSPS) is 19.7. The third-order valence-corrected chi connectivity index (χ3v) is 7.47. The fourth-order valence-corrected chi connectivity index (χ4v) is 4.89. The summed E-state index contributed by atoms with van der Waals surface area (Å²) < 4.78 is 39.3. The van der Waals surface area contributed by atoms with Crippen molar-refractivity contribution < 1.29 is 22.8 Å². The van der Waals surface area contributed by atoms with Crippen LogP contribution in [-0.2, 0) is 11.0 Å². The van der Waals surface area contributed by atoms with Crippen molar-refractivity contribution in [1.82, 2.24) is 15.3 Å². The molecule has 2 N–H and O–H groups in total. The molecular formula is C25H22ClF3N6O2S. The number of anilines is 2. The van der Waals surface area contributed by atoms with Crippen molar-refractivity contribution in [3.8, 4) is 0 Å². The van der Waals surface area contributed by atoms with Crippen LogP contribution in [0.15, 0.2) is 66.5 Å². The average molecular weight is 563 g/mol. The lowest BCUT2D eigenvalue weighted by molar-refractivity contribution is -0.137. The summed E-state index contributed by atoms with van der Waals surface area (Å²) in [5, 5.41) is 11.2. The van der Waals surface area contributed by atoms with E-state index in [0.717, 1.165) is 23.2 Å². The molecule has 0 aliphatic carbocycles. The number of carbonyl (C=O) groups excluding carboxylic acids is 2. The summed E-state index contributed by atoms with van der Waals surface area (Å²) in [6.07, 6.45) is 0.627. The number of rotatable bonds is 7. The van der Waals surface area contributed by atoms with Crippen molar-refractivity contribution in [3.05, 3.63) is 81.9 Å². The predicted molar refractivity (Wildman–Crippen MR) is 140 cm³/mol. The Labute approximate surface area is 225 Å². The summed E-state index contributed by atoms with van der Waals surface area (Å²) >= 11 is 6.56. The van der Waals surface area contributed by atoms with Gasteiger partial charge in [-0.1, -0.05) is 35.9 Å². The van der Waals surface area contributed by atoms with Gasteiger partial charge in [0.15, 0.2) is 0 Å². The summed E-state index contributed by atoms with van der Waals surface area (Å²) in [4.78, 5) is 33.9. The minimum atomic E-state index is -4.70. The first kappa shape index (κ1) is 27.3. The highest BCUT2D eigenvalue weighted by molar-refractivity contribution is 7.13. The second kappa shape index (κ2) is 10.5. The average Bonchev–Trinajstić information content (AvgIpc) is 3.51. The third-order valence-electron chi connectivity index (χ3n) is 5.99. The molecule has 0 saturated heterocycles. The van der Waals surface area contributed by atoms with Gasteiger partial charge in [-0.2, -0.15) is 18.3 Å². The molecule has 1 aliphatic heterocycles. The molecule has 0 saturated carbocycles. The zero-order valence-electron chi connectivity index (χ0n) is 20.2. The van der Waals surface area contributed by atoms with E-state index >= 15 is 0 Å². The maximum absolute atomic E-state index is 13.2. The van der Waals surface area contributed by atoms with Crippen molar-refractivity contribution in [1.29, 1.82) is 0 Å². The molecule has 1 aromatic carbocycles. The number of amides is 2. The molecule has 13 heteroatoms. The third kappa shape index (κ3) is 5.41. The Bertz CT molecular complexity index is 1400. The first-order chi connectivity index (χ1) is 17.9. The minimum absolute atomic E-state index is 0.125. The van der Waals surface area contributed by atoms with Crippen molar-refractivity contribution in [2.45, 2.75) is 31.6 Å². The maximum atomic E-state index is 13.2. The molecule has 38 heavy (non-hydrogen) atoms. The molecule has 0 bridgehead atoms. The molecule has 0 radical (unpaired) electrons. The van der Waals surface area contributed by atoms with Crippen LogP contribution in [0.25, 0.3) is 0 Å². The second-order valence-corrected chi connectivity index (χ2v) is 10.1. The largest absolute Gasteiger partial charge is 0.418 e. The Morgan fingerprint density at radius 2 is 1.95 bits per heavy atom. The van der Waals surface area contributed by atoms with E-state index in [1.165, 1.54) is 6.20 Å². The van der Waals surface area contributed by atoms with Crippen LogP contribution in [0.1, 0.15) is 40.1 Å². The predicted octanol–water partition coefficient (Wildman–Crippen LogP) is 5.71. The number of pyridine rings is 1. The van der Waals surface area contributed by atoms with Crippen molar-refractivity contribution in [3.63, 3.8) is 0 Å². The Balaban J connectivity index is 1.43. The zero-order valence-corrected chi connectivity index (χ0v) is 21.7. The van der Waals surface area contributed by atoms with Gasteiger partial charge in [-0.15, -0.1) is 17.9 Å². The van der Waals surface area contributed by atoms with Crippen molar-refractivity contribution >= 4 is 52.5 Å². The van der Waals surface area contributed by atoms with Crippen LogP contribution in [0.5, 0.6) is 0 Å². The summed E-state index contributed by atoms with van der Waals surface area (Å²) in [5.41, 5.74) is -1.12. The summed E-state index contributed by atoms with van der Waals surface area (Å²) in [6.45, 7) is 7.48. The Kier molecular flexibility index (Phi) is 7.56. The number of thiazole rings is 1. The molecule has 0 spiro atoms. The van der Waals surface area contributed by atoms with Crippen molar-refractivity contribution in [2.75, 3.05) is 10.3 Å². The molecule has 2 amide bonds. The van der Waals surface area contributed by atoms with E-state index in [4.69, 9.17) is 11.6 Å². The van der Waals surface area contributed by atoms with Crippen LogP contribution in [0.2, 0.25) is 5.02 Å². The highest BCUT2D eigenvalue weighted by Gasteiger charge is 2.45. The van der Waals surface area contributed by atoms with E-state index in [2.05, 4.69) is 32.3 Å². The molecule has 2 aromatic heterocycles. The number of alkyl halides is 3. The summed E-state index contributed by atoms with van der Waals surface area (Å²) in [5.74, 6) is -1.97. The van der Waals surface area contributed by atoms with E-state index in [1.54, 1.807) is 24.2 Å². The van der Waals surface area contributed by atoms with Crippen molar-refractivity contribution in [2.24, 2.45) is 11.0 Å². The molecule has 3 aromatic rings. The van der Waals surface area contributed by atoms with Gasteiger partial charge >= 0.3 is 6.18 Å². The first-order valence-corrected chi connectivity index (χ1v) is 12.5. The minimum Gasteiger partial charge on any atom is -0.346 e. The van der Waals surface area contributed by atoms with Gasteiger partial charge in [0.05, 0.1) is 34.1 Å². The first-order valence-electron chi connectivity index (χ1n) is 11.3. The molecule has 8 nitrogen and oxygen atoms in total. The van der Waals surface area contributed by atoms with Crippen LogP contribution in [0.4, 0.5) is 24.7 Å². The van der Waals surface area contributed by atoms with Crippen LogP contribution in [-0.4, -0.2) is 33.5 Å². The topological polar surface area (TPSA) is 99.6 Å². The summed E-state index contributed by atoms with van der Waals surface area (Å²) in [6, 6.07) is 9.49. The lowest BCUT2D eigenvalue weighted by Crippen LogP contribution is -2.50. The fraction of sp³-hybridized carbons (Fsp3) is 0.240. The number of nitrogens with one attached hydrogen (secondary N) is 2. The molecular weight excluding hydrogens is 541 g/mol. The number of halogens is 4. The molecule has 0 fully saturated rings. The quantitative estimate of drug-likeness (QED) is 0.360. The zero-order chi connectivity index (χ0) is 27.7. The number of carbonyl (C=O) groups is 2. The highest BCUT2D eigenvalue weighted by atomic mass is 35.5. The Hall–Kier alpha value is -3.77. The van der Waals surface area contributed by atoms with Crippen LogP contribution >= 0.6 is 22.9 Å². The molecule has 3 heterocycles. The molecule has 1 aliphatic rings. The number of hydrogen-bond acceptors (Lipinski definition) is 7. The highest BCUT2D eigenvalue weighted by Crippen LogP contribution is 2.37. The lowest BCUT2D eigenvalue weighted by Gasteiger charge is -2.35. The number of nitrogens with zero attached hydrogens (tertiary/aromatic N) is 4. The van der Waals surface area contributed by atoms with E-state index < -0.39 is 40.2 Å². The van der Waals surface area contributed by atoms with Crippen LogP contribution in [0, 0.1) is 5.92 Å². The van der Waals surface area contributed by atoms with Gasteiger partial charge in [-0.05, 0) is 32.0 Å². The van der Waals surface area contributed by atoms with Gasteiger partial charge in [-0.25, -0.2) is 9.97 Å². The number of aromatic nitrogens is 2. The Morgan fingerprint density at radius 1 is 1.24 bits per heavy atom. The van der Waals surface area contributed by atoms with Gasteiger partial charge < -0.3 is 10.6 Å². The fourth-order valence-electron chi connectivity index (χ4n) is 3.86.